The van der Waals surface area contributed by atoms with E-state index in [1.54, 1.807) is 0 Å². The number of nitrogens with zero attached hydrogens (tertiary/aromatic N) is 1. The van der Waals surface area contributed by atoms with Gasteiger partial charge in [0.15, 0.2) is 0 Å². The summed E-state index contributed by atoms with van der Waals surface area (Å²) in [6.07, 6.45) is -6.33. The van der Waals surface area contributed by atoms with E-state index in [-0.39, 0.29) is 19.1 Å². The molecule has 20 heavy (non-hydrogen) atoms. The molecule has 114 valence electrons. The molecule has 0 aromatic heterocycles. The molecular formula is C11H18FN3O5. The molecule has 7 atom stereocenters. The summed E-state index contributed by atoms with van der Waals surface area (Å²) in [4.78, 5) is 13.2. The Bertz CT molecular complexity index is 400. The summed E-state index contributed by atoms with van der Waals surface area (Å²) in [6.45, 7) is -0.315. The maximum Gasteiger partial charge on any atom is 0.230 e. The third-order valence-corrected chi connectivity index (χ3v) is 4.19. The average molecular weight is 291 g/mol. The number of hydrogen-bond donors (Lipinski definition) is 5. The number of fused-ring (bicyclic) bond motifs is 1. The summed E-state index contributed by atoms with van der Waals surface area (Å²) in [7, 11) is 0. The summed E-state index contributed by atoms with van der Waals surface area (Å²) >= 11 is 0. The number of rotatable bonds is 2. The smallest absolute Gasteiger partial charge is 0.230 e. The lowest BCUT2D eigenvalue weighted by molar-refractivity contribution is -0.135. The van der Waals surface area contributed by atoms with Crippen LogP contribution in [0.1, 0.15) is 0 Å². The van der Waals surface area contributed by atoms with E-state index in [4.69, 9.17) is 9.84 Å². The van der Waals surface area contributed by atoms with Gasteiger partial charge in [-0.15, -0.1) is 0 Å². The second-order valence-corrected chi connectivity index (χ2v) is 5.33. The van der Waals surface area contributed by atoms with E-state index in [0.29, 0.717) is 0 Å². The Balaban J connectivity index is 1.79. The van der Waals surface area contributed by atoms with Crippen LogP contribution in [0.4, 0.5) is 4.39 Å². The van der Waals surface area contributed by atoms with Gasteiger partial charge in [0.1, 0.15) is 30.7 Å². The zero-order valence-electron chi connectivity index (χ0n) is 10.6. The highest BCUT2D eigenvalue weighted by Crippen LogP contribution is 2.34. The average Bonchev–Trinajstić information content (AvgIpc) is 2.90. The van der Waals surface area contributed by atoms with Gasteiger partial charge in [-0.3, -0.25) is 15.0 Å². The number of aliphatic hydroxyl groups is 3. The molecule has 0 radical (unpaired) electrons. The maximum atomic E-state index is 14.0. The molecule has 0 bridgehead atoms. The second-order valence-electron chi connectivity index (χ2n) is 5.33. The van der Waals surface area contributed by atoms with Crippen LogP contribution in [0, 0.1) is 5.92 Å². The van der Waals surface area contributed by atoms with Crippen molar-refractivity contribution in [3.8, 4) is 0 Å². The van der Waals surface area contributed by atoms with E-state index < -0.39 is 49.4 Å². The van der Waals surface area contributed by atoms with Gasteiger partial charge in [0.2, 0.25) is 5.91 Å². The van der Waals surface area contributed by atoms with E-state index in [1.807, 2.05) is 0 Å². The third-order valence-electron chi connectivity index (χ3n) is 4.19. The number of aliphatic hydroxyl groups excluding tert-OH is 3. The lowest BCUT2D eigenvalue weighted by Crippen LogP contribution is -2.61. The standard InChI is InChI=1S/C11H18FN3O5/c12-4-1-15(9-6(4)10(19)14-3-13-9)11-8(18)7(17)5(2-16)20-11/h4-9,11,13,16-18H,1-3H2,(H,14,19)/t4?,5-,6?,7-,8-,9?,11-/m1/s1. The molecule has 3 rings (SSSR count). The topological polar surface area (TPSA) is 114 Å². The zero-order valence-corrected chi connectivity index (χ0v) is 10.6. The summed E-state index contributed by atoms with van der Waals surface area (Å²) in [5.74, 6) is -1.25. The minimum Gasteiger partial charge on any atom is -0.394 e. The number of likely N-dealkylation sites (tertiary alicyclic amines) is 1. The minimum absolute atomic E-state index is 0.0810. The first-order valence-corrected chi connectivity index (χ1v) is 6.58. The Morgan fingerprint density at radius 3 is 2.80 bits per heavy atom. The Morgan fingerprint density at radius 2 is 2.15 bits per heavy atom. The van der Waals surface area contributed by atoms with Crippen molar-refractivity contribution in [3.05, 3.63) is 0 Å². The Labute approximate surface area is 114 Å². The summed E-state index contributed by atoms with van der Waals surface area (Å²) in [6, 6.07) is 0. The summed E-state index contributed by atoms with van der Waals surface area (Å²) < 4.78 is 19.4. The molecule has 9 heteroatoms. The van der Waals surface area contributed by atoms with Gasteiger partial charge in [-0.2, -0.15) is 0 Å². The predicted octanol–water partition coefficient (Wildman–Crippen LogP) is -3.30. The SMILES string of the molecule is O=C1NCNC2C1C(F)CN2[C@@H]1O[C@H](CO)[C@@H](O)[C@H]1O. The van der Waals surface area contributed by atoms with Gasteiger partial charge < -0.3 is 25.4 Å². The fraction of sp³-hybridized carbons (Fsp3) is 0.909. The van der Waals surface area contributed by atoms with Crippen LogP contribution in [0.2, 0.25) is 0 Å². The van der Waals surface area contributed by atoms with Crippen LogP contribution >= 0.6 is 0 Å². The van der Waals surface area contributed by atoms with Crippen LogP contribution in [0.25, 0.3) is 0 Å². The first-order valence-electron chi connectivity index (χ1n) is 6.58. The Morgan fingerprint density at radius 1 is 1.40 bits per heavy atom. The van der Waals surface area contributed by atoms with Crippen molar-refractivity contribution in [2.24, 2.45) is 5.92 Å². The number of amides is 1. The van der Waals surface area contributed by atoms with Crippen LogP contribution in [-0.4, -0.2) is 82.8 Å². The molecule has 5 N–H and O–H groups in total. The first-order chi connectivity index (χ1) is 9.54. The van der Waals surface area contributed by atoms with Crippen molar-refractivity contribution in [1.82, 2.24) is 15.5 Å². The van der Waals surface area contributed by atoms with Crippen molar-refractivity contribution >= 4 is 5.91 Å². The summed E-state index contributed by atoms with van der Waals surface area (Å²) in [5.41, 5.74) is 0. The normalized spacial score (nSPS) is 49.2. The largest absolute Gasteiger partial charge is 0.394 e. The maximum absolute atomic E-state index is 14.0. The van der Waals surface area contributed by atoms with E-state index in [1.165, 1.54) is 4.90 Å². The number of carbonyl (C=O) groups is 1. The highest BCUT2D eigenvalue weighted by atomic mass is 19.1. The molecule has 1 amide bonds. The molecule has 0 saturated carbocycles. The molecule has 3 aliphatic rings. The monoisotopic (exact) mass is 291 g/mol. The van der Waals surface area contributed by atoms with Crippen molar-refractivity contribution in [3.63, 3.8) is 0 Å². The lowest BCUT2D eigenvalue weighted by atomic mass is 10.0. The Hall–Kier alpha value is -0.840. The molecule has 3 unspecified atom stereocenters. The van der Waals surface area contributed by atoms with Crippen LogP contribution in [0.5, 0.6) is 0 Å². The quantitative estimate of drug-likeness (QED) is 0.362. The molecule has 3 heterocycles. The van der Waals surface area contributed by atoms with Crippen molar-refractivity contribution in [2.45, 2.75) is 36.9 Å². The van der Waals surface area contributed by atoms with Gasteiger partial charge in [0, 0.05) is 6.54 Å². The van der Waals surface area contributed by atoms with Gasteiger partial charge in [0.25, 0.3) is 0 Å². The van der Waals surface area contributed by atoms with Crippen molar-refractivity contribution in [1.29, 1.82) is 0 Å². The van der Waals surface area contributed by atoms with E-state index in [9.17, 15) is 19.4 Å². The van der Waals surface area contributed by atoms with Gasteiger partial charge >= 0.3 is 0 Å². The minimum atomic E-state index is -1.38. The molecule has 0 aliphatic carbocycles. The van der Waals surface area contributed by atoms with Crippen LogP contribution < -0.4 is 10.6 Å². The molecule has 0 spiro atoms. The number of ether oxygens (including phenoxy) is 1. The summed E-state index contributed by atoms with van der Waals surface area (Å²) in [5, 5.41) is 34.3. The highest BCUT2D eigenvalue weighted by molar-refractivity contribution is 5.81. The van der Waals surface area contributed by atoms with E-state index in [0.717, 1.165) is 0 Å². The van der Waals surface area contributed by atoms with E-state index >= 15 is 0 Å². The lowest BCUT2D eigenvalue weighted by Gasteiger charge is -2.36. The molecule has 3 fully saturated rings. The second kappa shape index (κ2) is 5.17. The first kappa shape index (κ1) is 14.1. The number of nitrogens with one attached hydrogen (secondary N) is 2. The third kappa shape index (κ3) is 2.01. The van der Waals surface area contributed by atoms with Gasteiger partial charge in [-0.1, -0.05) is 0 Å². The predicted molar refractivity (Wildman–Crippen MR) is 62.8 cm³/mol. The van der Waals surface area contributed by atoms with Crippen LogP contribution in [0.3, 0.4) is 0 Å². The molecule has 3 aliphatic heterocycles. The molecular weight excluding hydrogens is 273 g/mol. The van der Waals surface area contributed by atoms with Gasteiger partial charge in [-0.25, -0.2) is 4.39 Å². The fourth-order valence-electron chi connectivity index (χ4n) is 3.16. The molecule has 3 saturated heterocycles. The zero-order chi connectivity index (χ0) is 14.4. The number of hydrogen-bond acceptors (Lipinski definition) is 7. The fourth-order valence-corrected chi connectivity index (χ4v) is 3.16. The van der Waals surface area contributed by atoms with Crippen molar-refractivity contribution in [2.75, 3.05) is 19.8 Å². The number of halogens is 1. The van der Waals surface area contributed by atoms with Gasteiger partial charge in [-0.05, 0) is 0 Å². The molecule has 0 aromatic rings. The van der Waals surface area contributed by atoms with Gasteiger partial charge in [0.05, 0.1) is 25.4 Å². The van der Waals surface area contributed by atoms with Crippen LogP contribution in [0.15, 0.2) is 0 Å². The van der Waals surface area contributed by atoms with Crippen LogP contribution in [-0.2, 0) is 9.53 Å². The Kier molecular flexibility index (Phi) is 3.65. The molecule has 0 aromatic carbocycles. The molecule has 8 nitrogen and oxygen atoms in total. The van der Waals surface area contributed by atoms with Crippen molar-refractivity contribution < 1.29 is 29.2 Å². The van der Waals surface area contributed by atoms with E-state index in [2.05, 4.69) is 10.6 Å². The number of carbonyl (C=O) groups excluding carboxylic acids is 1. The number of alkyl halides is 1. The highest BCUT2D eigenvalue weighted by Gasteiger charge is 2.55.